The van der Waals surface area contributed by atoms with Crippen LogP contribution in [0.2, 0.25) is 5.02 Å². The van der Waals surface area contributed by atoms with Crippen LogP contribution in [0.5, 0.6) is 5.75 Å². The number of ether oxygens (including phenoxy) is 2. The van der Waals surface area contributed by atoms with Gasteiger partial charge in [0, 0.05) is 18.1 Å². The smallest absolute Gasteiger partial charge is 0.125 e. The number of nitrogens with one attached hydrogen (secondary N) is 1. The Bertz CT molecular complexity index is 454. The van der Waals surface area contributed by atoms with E-state index in [9.17, 15) is 0 Å². The van der Waals surface area contributed by atoms with Crippen LogP contribution in [0.3, 0.4) is 0 Å². The Balaban J connectivity index is 2.19. The van der Waals surface area contributed by atoms with Crippen LogP contribution < -0.4 is 16.0 Å². The average Bonchev–Trinajstić information content (AvgIpc) is 2.90. The summed E-state index contributed by atoms with van der Waals surface area (Å²) in [6.45, 7) is 5.51. The van der Waals surface area contributed by atoms with Gasteiger partial charge < -0.3 is 9.47 Å². The second-order valence-electron chi connectivity index (χ2n) is 5.03. The summed E-state index contributed by atoms with van der Waals surface area (Å²) < 4.78 is 11.5. The van der Waals surface area contributed by atoms with Crippen molar-refractivity contribution in [2.24, 2.45) is 5.84 Å². The van der Waals surface area contributed by atoms with Gasteiger partial charge >= 0.3 is 0 Å². The van der Waals surface area contributed by atoms with E-state index in [4.69, 9.17) is 26.9 Å². The number of rotatable bonds is 7. The Morgan fingerprint density at radius 1 is 1.45 bits per heavy atom. The van der Waals surface area contributed by atoms with Gasteiger partial charge in [0.1, 0.15) is 5.75 Å². The van der Waals surface area contributed by atoms with Crippen LogP contribution in [0.4, 0.5) is 0 Å². The first kappa shape index (κ1) is 15.6. The molecule has 2 unspecified atom stereocenters. The molecule has 5 heteroatoms. The van der Waals surface area contributed by atoms with Crippen molar-refractivity contribution in [1.29, 1.82) is 0 Å². The van der Waals surface area contributed by atoms with Crippen LogP contribution in [0.15, 0.2) is 12.1 Å². The first-order chi connectivity index (χ1) is 9.69. The molecule has 1 aromatic rings. The molecule has 1 heterocycles. The van der Waals surface area contributed by atoms with Crippen molar-refractivity contribution < 1.29 is 9.47 Å². The predicted molar refractivity (Wildman–Crippen MR) is 81.2 cm³/mol. The monoisotopic (exact) mass is 298 g/mol. The maximum absolute atomic E-state index is 6.19. The number of nitrogens with two attached hydrogens (primary N) is 1. The Kier molecular flexibility index (Phi) is 5.66. The fraction of sp³-hybridized carbons (Fsp3) is 0.600. The van der Waals surface area contributed by atoms with Crippen LogP contribution in [-0.2, 0) is 17.6 Å². The molecule has 0 saturated heterocycles. The Labute approximate surface area is 125 Å². The van der Waals surface area contributed by atoms with E-state index in [0.717, 1.165) is 42.2 Å². The van der Waals surface area contributed by atoms with Gasteiger partial charge in [-0.2, -0.15) is 0 Å². The van der Waals surface area contributed by atoms with Gasteiger partial charge in [-0.15, -0.1) is 0 Å². The number of hydrazine groups is 1. The fourth-order valence-electron chi connectivity index (χ4n) is 2.76. The van der Waals surface area contributed by atoms with Gasteiger partial charge in [-0.1, -0.05) is 18.5 Å². The third-order valence-corrected chi connectivity index (χ3v) is 3.93. The van der Waals surface area contributed by atoms with Crippen LogP contribution in [-0.4, -0.2) is 25.4 Å². The Morgan fingerprint density at radius 2 is 2.25 bits per heavy atom. The zero-order chi connectivity index (χ0) is 14.5. The molecule has 0 aliphatic carbocycles. The molecule has 0 bridgehead atoms. The van der Waals surface area contributed by atoms with Crippen molar-refractivity contribution in [1.82, 2.24) is 5.43 Å². The minimum absolute atomic E-state index is 0.0479. The molecule has 0 radical (unpaired) electrons. The fourth-order valence-corrected chi connectivity index (χ4v) is 3.03. The van der Waals surface area contributed by atoms with Crippen LogP contribution in [0.25, 0.3) is 0 Å². The normalized spacial score (nSPS) is 16.6. The standard InChI is InChI=1S/C15H23ClN2O2/c1-3-14(19-4-2)13(18-17)9-11-8-12(16)7-10-5-6-20-15(10)11/h7-8,13-14,18H,3-6,9,17H2,1-2H3. The molecule has 0 fully saturated rings. The molecular formula is C15H23ClN2O2. The SMILES string of the molecule is CCOC(CC)C(Cc1cc(Cl)cc2c1OCC2)NN. The minimum atomic E-state index is 0.0479. The van der Waals surface area contributed by atoms with E-state index in [1.807, 2.05) is 19.1 Å². The van der Waals surface area contributed by atoms with E-state index < -0.39 is 0 Å². The zero-order valence-electron chi connectivity index (χ0n) is 12.1. The molecule has 0 spiro atoms. The lowest BCUT2D eigenvalue weighted by molar-refractivity contribution is 0.0318. The maximum atomic E-state index is 6.19. The highest BCUT2D eigenvalue weighted by Crippen LogP contribution is 2.34. The second kappa shape index (κ2) is 7.27. The molecule has 2 rings (SSSR count). The van der Waals surface area contributed by atoms with Crippen LogP contribution in [0, 0.1) is 0 Å². The molecule has 0 saturated carbocycles. The average molecular weight is 299 g/mol. The topological polar surface area (TPSA) is 56.5 Å². The summed E-state index contributed by atoms with van der Waals surface area (Å²) in [6.07, 6.45) is 2.66. The molecule has 3 N–H and O–H groups in total. The quantitative estimate of drug-likeness (QED) is 0.600. The predicted octanol–water partition coefficient (Wildman–Crippen LogP) is 2.46. The molecule has 1 aliphatic rings. The largest absolute Gasteiger partial charge is 0.493 e. The van der Waals surface area contributed by atoms with E-state index in [1.54, 1.807) is 0 Å². The number of halogens is 1. The highest BCUT2D eigenvalue weighted by molar-refractivity contribution is 6.30. The summed E-state index contributed by atoms with van der Waals surface area (Å²) in [6, 6.07) is 4.00. The molecule has 0 aromatic heterocycles. The second-order valence-corrected chi connectivity index (χ2v) is 5.47. The molecule has 20 heavy (non-hydrogen) atoms. The number of hydrogen-bond acceptors (Lipinski definition) is 4. The van der Waals surface area contributed by atoms with Gasteiger partial charge in [0.2, 0.25) is 0 Å². The number of benzene rings is 1. The van der Waals surface area contributed by atoms with Crippen molar-refractivity contribution in [2.75, 3.05) is 13.2 Å². The first-order valence-corrected chi connectivity index (χ1v) is 7.59. The lowest BCUT2D eigenvalue weighted by Gasteiger charge is -2.26. The van der Waals surface area contributed by atoms with Crippen molar-refractivity contribution in [2.45, 2.75) is 45.3 Å². The van der Waals surface area contributed by atoms with Gasteiger partial charge in [-0.25, -0.2) is 0 Å². The molecular weight excluding hydrogens is 276 g/mol. The Morgan fingerprint density at radius 3 is 2.90 bits per heavy atom. The van der Waals surface area contributed by atoms with E-state index in [2.05, 4.69) is 12.3 Å². The van der Waals surface area contributed by atoms with Gasteiger partial charge in [0.05, 0.1) is 18.8 Å². The third kappa shape index (κ3) is 3.44. The number of fused-ring (bicyclic) bond motifs is 1. The summed E-state index contributed by atoms with van der Waals surface area (Å²) >= 11 is 6.19. The van der Waals surface area contributed by atoms with E-state index in [1.165, 1.54) is 5.56 Å². The molecule has 1 aromatic carbocycles. The summed E-state index contributed by atoms with van der Waals surface area (Å²) in [5.41, 5.74) is 5.16. The third-order valence-electron chi connectivity index (χ3n) is 3.71. The number of hydrogen-bond donors (Lipinski definition) is 2. The van der Waals surface area contributed by atoms with Crippen LogP contribution in [0.1, 0.15) is 31.4 Å². The Hall–Kier alpha value is -0.810. The van der Waals surface area contributed by atoms with Crippen molar-refractivity contribution in [3.8, 4) is 5.75 Å². The summed E-state index contributed by atoms with van der Waals surface area (Å²) in [7, 11) is 0. The molecule has 4 nitrogen and oxygen atoms in total. The molecule has 1 aliphatic heterocycles. The van der Waals surface area contributed by atoms with Crippen LogP contribution >= 0.6 is 11.6 Å². The first-order valence-electron chi connectivity index (χ1n) is 7.21. The van der Waals surface area contributed by atoms with Crippen molar-refractivity contribution >= 4 is 11.6 Å². The summed E-state index contributed by atoms with van der Waals surface area (Å²) in [5.74, 6) is 6.68. The zero-order valence-corrected chi connectivity index (χ0v) is 12.9. The van der Waals surface area contributed by atoms with Gasteiger partial charge in [0.25, 0.3) is 0 Å². The van der Waals surface area contributed by atoms with Crippen molar-refractivity contribution in [3.05, 3.63) is 28.3 Å². The lowest BCUT2D eigenvalue weighted by Crippen LogP contribution is -2.46. The van der Waals surface area contributed by atoms with E-state index in [-0.39, 0.29) is 12.1 Å². The summed E-state index contributed by atoms with van der Waals surface area (Å²) in [4.78, 5) is 0. The highest BCUT2D eigenvalue weighted by Gasteiger charge is 2.24. The van der Waals surface area contributed by atoms with Gasteiger partial charge in [0.15, 0.2) is 0 Å². The molecule has 112 valence electrons. The van der Waals surface area contributed by atoms with E-state index >= 15 is 0 Å². The lowest BCUT2D eigenvalue weighted by atomic mass is 9.97. The van der Waals surface area contributed by atoms with Crippen molar-refractivity contribution in [3.63, 3.8) is 0 Å². The minimum Gasteiger partial charge on any atom is -0.493 e. The molecule has 2 atom stereocenters. The van der Waals surface area contributed by atoms with E-state index in [0.29, 0.717) is 6.61 Å². The highest BCUT2D eigenvalue weighted by atomic mass is 35.5. The van der Waals surface area contributed by atoms with Gasteiger partial charge in [-0.05, 0) is 43.0 Å². The maximum Gasteiger partial charge on any atom is 0.125 e. The van der Waals surface area contributed by atoms with Gasteiger partial charge in [-0.3, -0.25) is 11.3 Å². The molecule has 0 amide bonds. The summed E-state index contributed by atoms with van der Waals surface area (Å²) in [5, 5.41) is 0.754.